The van der Waals surface area contributed by atoms with Gasteiger partial charge in [0.1, 0.15) is 10.6 Å². The lowest BCUT2D eigenvalue weighted by molar-refractivity contribution is -0.274. The first-order valence-electron chi connectivity index (χ1n) is 7.48. The Balaban J connectivity index is 1.82. The summed E-state index contributed by atoms with van der Waals surface area (Å²) in [7, 11) is -3.69. The number of nitrogens with two attached hydrogens (primary N) is 1. The molecule has 0 atom stereocenters. The van der Waals surface area contributed by atoms with Gasteiger partial charge in [0.15, 0.2) is 5.96 Å². The van der Waals surface area contributed by atoms with Crippen LogP contribution < -0.4 is 20.5 Å². The quantitative estimate of drug-likeness (QED) is 0.368. The number of nitrogens with one attached hydrogen (secondary N) is 2. The van der Waals surface area contributed by atoms with Gasteiger partial charge in [-0.15, -0.1) is 13.2 Å². The summed E-state index contributed by atoms with van der Waals surface area (Å²) in [6.07, 6.45) is -2.09. The normalized spacial score (nSPS) is 12.6. The number of hydrogen-bond acceptors (Lipinski definition) is 5. The molecule has 146 valence electrons. The van der Waals surface area contributed by atoms with Gasteiger partial charge in [0.25, 0.3) is 0 Å². The van der Waals surface area contributed by atoms with Crippen LogP contribution in [0.5, 0.6) is 5.75 Å². The Morgan fingerprint density at radius 2 is 1.93 bits per heavy atom. The van der Waals surface area contributed by atoms with Gasteiger partial charge in [0.05, 0.1) is 6.54 Å². The molecule has 0 bridgehead atoms. The minimum Gasteiger partial charge on any atom is -0.406 e. The topological polar surface area (TPSA) is 119 Å². The number of benzene rings is 1. The minimum absolute atomic E-state index is 0.00202. The minimum atomic E-state index is -4.77. The number of alkyl halides is 3. The van der Waals surface area contributed by atoms with E-state index >= 15 is 0 Å². The lowest BCUT2D eigenvalue weighted by Gasteiger charge is -2.10. The summed E-state index contributed by atoms with van der Waals surface area (Å²) >= 11 is 0. The first-order chi connectivity index (χ1) is 12.7. The van der Waals surface area contributed by atoms with Crippen molar-refractivity contribution in [3.8, 4) is 5.75 Å². The average Bonchev–Trinajstić information content (AvgIpc) is 2.60. The Morgan fingerprint density at radius 3 is 2.52 bits per heavy atom. The number of nitrogens with zero attached hydrogens (tertiary/aromatic N) is 2. The summed E-state index contributed by atoms with van der Waals surface area (Å²) in [5.41, 5.74) is 6.04. The van der Waals surface area contributed by atoms with E-state index in [-0.39, 0.29) is 29.7 Å². The number of hydrogen-bond donors (Lipinski definition) is 3. The van der Waals surface area contributed by atoms with Gasteiger partial charge in [0.2, 0.25) is 10.0 Å². The molecular weight excluding hydrogens is 387 g/mol. The van der Waals surface area contributed by atoms with Crippen molar-refractivity contribution in [3.05, 3.63) is 48.8 Å². The van der Waals surface area contributed by atoms with Gasteiger partial charge in [-0.2, -0.15) is 0 Å². The molecule has 0 fully saturated rings. The van der Waals surface area contributed by atoms with Gasteiger partial charge in [-0.1, -0.05) is 0 Å². The number of ether oxygens (including phenoxy) is 1. The summed E-state index contributed by atoms with van der Waals surface area (Å²) < 4.78 is 66.3. The van der Waals surface area contributed by atoms with Crippen molar-refractivity contribution in [1.29, 1.82) is 0 Å². The highest BCUT2D eigenvalue weighted by molar-refractivity contribution is 7.89. The van der Waals surface area contributed by atoms with Crippen molar-refractivity contribution in [3.63, 3.8) is 0 Å². The van der Waals surface area contributed by atoms with Gasteiger partial charge in [0, 0.05) is 24.6 Å². The molecule has 1 aromatic heterocycles. The van der Waals surface area contributed by atoms with Crippen LogP contribution in [0.3, 0.4) is 0 Å². The molecule has 0 aliphatic carbocycles. The van der Waals surface area contributed by atoms with Crippen LogP contribution in [0, 0.1) is 0 Å². The lowest BCUT2D eigenvalue weighted by Crippen LogP contribution is -2.28. The van der Waals surface area contributed by atoms with Gasteiger partial charge in [-0.3, -0.25) is 9.98 Å². The number of guanidine groups is 1. The molecule has 2 aromatic rings. The number of anilines is 1. The summed E-state index contributed by atoms with van der Waals surface area (Å²) in [5, 5.41) is 2.66. The number of rotatable bonds is 7. The second kappa shape index (κ2) is 8.68. The maximum atomic E-state index is 12.1. The van der Waals surface area contributed by atoms with Crippen LogP contribution in [-0.4, -0.2) is 38.8 Å². The van der Waals surface area contributed by atoms with Gasteiger partial charge in [-0.25, -0.2) is 13.1 Å². The highest BCUT2D eigenvalue weighted by atomic mass is 32.2. The molecule has 0 amide bonds. The van der Waals surface area contributed by atoms with Crippen molar-refractivity contribution >= 4 is 21.7 Å². The standard InChI is InChI=1S/C15H16F3N5O3S/c16-15(17,18)26-12-5-3-11(4-6-12)23-14(19)21-8-9-22-27(24,25)13-2-1-7-20-10-13/h1-7,10,22H,8-9H2,(H3,19,21,23). The first kappa shape index (κ1) is 20.5. The fraction of sp³-hybridized carbons (Fsp3) is 0.200. The number of sulfonamides is 1. The molecule has 12 heteroatoms. The zero-order valence-electron chi connectivity index (χ0n) is 13.8. The van der Waals surface area contributed by atoms with Crippen molar-refractivity contribution < 1.29 is 26.3 Å². The van der Waals surface area contributed by atoms with E-state index in [2.05, 4.69) is 24.8 Å². The SMILES string of the molecule is NC(=NCCNS(=O)(=O)c1cccnc1)Nc1ccc(OC(F)(F)F)cc1. The zero-order valence-corrected chi connectivity index (χ0v) is 14.6. The highest BCUT2D eigenvalue weighted by Crippen LogP contribution is 2.23. The third kappa shape index (κ3) is 7.11. The van der Waals surface area contributed by atoms with Gasteiger partial charge < -0.3 is 15.8 Å². The van der Waals surface area contributed by atoms with E-state index in [4.69, 9.17) is 5.73 Å². The predicted octanol–water partition coefficient (Wildman–Crippen LogP) is 1.69. The molecule has 8 nitrogen and oxygen atoms in total. The summed E-state index contributed by atoms with van der Waals surface area (Å²) in [4.78, 5) is 7.69. The molecule has 0 unspecified atom stereocenters. The average molecular weight is 403 g/mol. The van der Waals surface area contributed by atoms with Crippen molar-refractivity contribution in [2.24, 2.45) is 10.7 Å². The molecule has 1 heterocycles. The molecule has 2 rings (SSSR count). The molecule has 0 saturated heterocycles. The van der Waals surface area contributed by atoms with Gasteiger partial charge in [-0.05, 0) is 36.4 Å². The predicted molar refractivity (Wildman–Crippen MR) is 92.7 cm³/mol. The Morgan fingerprint density at radius 1 is 1.22 bits per heavy atom. The number of aliphatic imine (C=N–C) groups is 1. The van der Waals surface area contributed by atoms with E-state index in [1.54, 1.807) is 0 Å². The maximum Gasteiger partial charge on any atom is 0.573 e. The fourth-order valence-electron chi connectivity index (χ4n) is 1.87. The van der Waals surface area contributed by atoms with Crippen LogP contribution in [0.1, 0.15) is 0 Å². The van der Waals surface area contributed by atoms with E-state index < -0.39 is 16.4 Å². The maximum absolute atomic E-state index is 12.1. The van der Waals surface area contributed by atoms with Crippen LogP contribution in [0.15, 0.2) is 58.7 Å². The molecule has 0 saturated carbocycles. The Kier molecular flexibility index (Phi) is 6.58. The van der Waals surface area contributed by atoms with Crippen molar-refractivity contribution in [2.45, 2.75) is 11.3 Å². The van der Waals surface area contributed by atoms with E-state index in [0.717, 1.165) is 12.1 Å². The molecule has 0 radical (unpaired) electrons. The number of halogens is 3. The molecule has 0 aliphatic heterocycles. The van der Waals surface area contributed by atoms with Crippen LogP contribution >= 0.6 is 0 Å². The Labute approximate surface area is 153 Å². The third-order valence-corrected chi connectivity index (χ3v) is 4.44. The molecule has 0 aliphatic rings. The summed E-state index contributed by atoms with van der Waals surface area (Å²) in [6, 6.07) is 7.79. The van der Waals surface area contributed by atoms with Gasteiger partial charge >= 0.3 is 6.36 Å². The highest BCUT2D eigenvalue weighted by Gasteiger charge is 2.30. The molecule has 1 aromatic carbocycles. The summed E-state index contributed by atoms with van der Waals surface area (Å²) in [6.45, 7) is 0.0472. The Hall–Kier alpha value is -2.86. The van der Waals surface area contributed by atoms with Crippen LogP contribution in [0.2, 0.25) is 0 Å². The second-order valence-electron chi connectivity index (χ2n) is 5.05. The van der Waals surface area contributed by atoms with Crippen LogP contribution in [-0.2, 0) is 10.0 Å². The molecule has 27 heavy (non-hydrogen) atoms. The van der Waals surface area contributed by atoms with Crippen LogP contribution in [0.4, 0.5) is 18.9 Å². The zero-order chi connectivity index (χ0) is 19.9. The largest absolute Gasteiger partial charge is 0.573 e. The fourth-order valence-corrected chi connectivity index (χ4v) is 2.86. The Bertz CT molecular complexity index is 872. The van der Waals surface area contributed by atoms with Crippen molar-refractivity contribution in [1.82, 2.24) is 9.71 Å². The van der Waals surface area contributed by atoms with E-state index in [9.17, 15) is 21.6 Å². The molecular formula is C15H16F3N5O3S. The van der Waals surface area contributed by atoms with E-state index in [0.29, 0.717) is 5.69 Å². The van der Waals surface area contributed by atoms with E-state index in [1.165, 1.54) is 36.7 Å². The monoisotopic (exact) mass is 403 g/mol. The van der Waals surface area contributed by atoms with E-state index in [1.807, 2.05) is 0 Å². The lowest BCUT2D eigenvalue weighted by atomic mass is 10.3. The van der Waals surface area contributed by atoms with Crippen molar-refractivity contribution in [2.75, 3.05) is 18.4 Å². The molecule has 4 N–H and O–H groups in total. The second-order valence-corrected chi connectivity index (χ2v) is 6.82. The van der Waals surface area contributed by atoms with Crippen LogP contribution in [0.25, 0.3) is 0 Å². The first-order valence-corrected chi connectivity index (χ1v) is 8.96. The smallest absolute Gasteiger partial charge is 0.406 e. The molecule has 0 spiro atoms. The third-order valence-electron chi connectivity index (χ3n) is 2.99. The number of pyridine rings is 1. The summed E-state index contributed by atoms with van der Waals surface area (Å²) in [5.74, 6) is -0.395. The number of aromatic nitrogens is 1.